The van der Waals surface area contributed by atoms with Crippen LogP contribution >= 0.6 is 11.8 Å². The summed E-state index contributed by atoms with van der Waals surface area (Å²) in [5.74, 6) is 1.78. The molecule has 1 N–H and O–H groups in total. The van der Waals surface area contributed by atoms with E-state index in [1.54, 1.807) is 11.8 Å². The van der Waals surface area contributed by atoms with Crippen LogP contribution in [0.4, 0.5) is 0 Å². The van der Waals surface area contributed by atoms with E-state index >= 15 is 0 Å². The van der Waals surface area contributed by atoms with Crippen molar-refractivity contribution >= 4 is 23.3 Å². The van der Waals surface area contributed by atoms with Crippen molar-refractivity contribution in [2.24, 2.45) is 0 Å². The van der Waals surface area contributed by atoms with E-state index < -0.39 is 0 Å². The zero-order valence-electron chi connectivity index (χ0n) is 16.2. The van der Waals surface area contributed by atoms with Crippen molar-refractivity contribution < 1.29 is 4.79 Å². The van der Waals surface area contributed by atoms with Crippen LogP contribution < -0.4 is 5.32 Å². The largest absolute Gasteiger partial charge is 0.346 e. The smallest absolute Gasteiger partial charge is 0.225 e. The van der Waals surface area contributed by atoms with E-state index in [-0.39, 0.29) is 11.9 Å². The molecule has 0 saturated carbocycles. The molecule has 3 aromatic rings. The van der Waals surface area contributed by atoms with Gasteiger partial charge >= 0.3 is 0 Å². The number of benzene rings is 1. The van der Waals surface area contributed by atoms with Gasteiger partial charge in [-0.2, -0.15) is 11.8 Å². The van der Waals surface area contributed by atoms with Gasteiger partial charge in [-0.15, -0.1) is 10.2 Å². The lowest BCUT2D eigenvalue weighted by molar-refractivity contribution is -0.121. The van der Waals surface area contributed by atoms with Crippen molar-refractivity contribution in [3.8, 4) is 0 Å². The molecule has 0 bridgehead atoms. The number of carbonyl (C=O) groups excluding carboxylic acids is 1. The van der Waals surface area contributed by atoms with E-state index in [0.717, 1.165) is 35.6 Å². The summed E-state index contributed by atoms with van der Waals surface area (Å²) in [7, 11) is 0. The summed E-state index contributed by atoms with van der Waals surface area (Å²) in [6.45, 7) is 0. The third-order valence-corrected chi connectivity index (χ3v) is 6.02. The summed E-state index contributed by atoms with van der Waals surface area (Å²) in [6, 6.07) is 12.2. The summed E-state index contributed by atoms with van der Waals surface area (Å²) < 4.78 is 1.96. The third kappa shape index (κ3) is 4.22. The fourth-order valence-corrected chi connectivity index (χ4v) is 4.40. The summed E-state index contributed by atoms with van der Waals surface area (Å²) in [5, 5.41) is 11.8. The van der Waals surface area contributed by atoms with E-state index in [2.05, 4.69) is 40.0 Å². The summed E-state index contributed by atoms with van der Waals surface area (Å²) in [6.07, 6.45) is 10.1. The van der Waals surface area contributed by atoms with Crippen LogP contribution in [0.1, 0.15) is 47.8 Å². The normalized spacial score (nSPS) is 14.6. The highest BCUT2D eigenvalue weighted by molar-refractivity contribution is 7.98. The summed E-state index contributed by atoms with van der Waals surface area (Å²) in [4.78, 5) is 12.8. The molecule has 0 aliphatic heterocycles. The van der Waals surface area contributed by atoms with Gasteiger partial charge in [0.15, 0.2) is 11.5 Å². The lowest BCUT2D eigenvalue weighted by Crippen LogP contribution is -2.31. The summed E-state index contributed by atoms with van der Waals surface area (Å²) >= 11 is 1.77. The van der Waals surface area contributed by atoms with Crippen LogP contribution in [0.15, 0.2) is 42.6 Å². The molecule has 0 radical (unpaired) electrons. The average Bonchev–Trinajstić information content (AvgIpc) is 3.15. The number of hydrogen-bond donors (Lipinski definition) is 1. The Kier molecular flexibility index (Phi) is 5.95. The lowest BCUT2D eigenvalue weighted by atomic mass is 9.90. The first-order valence-electron chi connectivity index (χ1n) is 9.93. The molecule has 1 unspecified atom stereocenters. The molecule has 5 nitrogen and oxygen atoms in total. The van der Waals surface area contributed by atoms with Gasteiger partial charge in [0.2, 0.25) is 5.91 Å². The number of fused-ring (bicyclic) bond motifs is 2. The van der Waals surface area contributed by atoms with Gasteiger partial charge in [0.05, 0.1) is 12.5 Å². The van der Waals surface area contributed by atoms with Crippen molar-refractivity contribution in [2.75, 3.05) is 12.0 Å². The van der Waals surface area contributed by atoms with Gasteiger partial charge < -0.3 is 5.32 Å². The Hall–Kier alpha value is -2.34. The van der Waals surface area contributed by atoms with Crippen molar-refractivity contribution in [1.82, 2.24) is 19.9 Å². The molecule has 2 aromatic heterocycles. The Balaban J connectivity index is 1.49. The standard InChI is InChI=1S/C22H26N4OS/c1-28-13-11-19(22-25-24-20-8-4-5-12-26(20)22)23-21(27)15-16-9-10-17-6-2-3-7-18(17)14-16/h4-5,8-10,12,14,19H,2-3,6-7,11,13,15H2,1H3,(H,23,27). The molecule has 1 atom stereocenters. The van der Waals surface area contributed by atoms with Crippen molar-refractivity contribution in [3.63, 3.8) is 0 Å². The monoisotopic (exact) mass is 394 g/mol. The number of aromatic nitrogens is 3. The highest BCUT2D eigenvalue weighted by Crippen LogP contribution is 2.23. The van der Waals surface area contributed by atoms with Gasteiger partial charge in [0, 0.05) is 6.20 Å². The van der Waals surface area contributed by atoms with Crippen LogP contribution in [0.3, 0.4) is 0 Å². The first-order chi connectivity index (χ1) is 13.7. The second-order valence-corrected chi connectivity index (χ2v) is 8.36. The molecule has 0 saturated heterocycles. The number of amides is 1. The van der Waals surface area contributed by atoms with Crippen LogP contribution in [-0.2, 0) is 24.1 Å². The molecule has 1 aromatic carbocycles. The highest BCUT2D eigenvalue weighted by atomic mass is 32.2. The lowest BCUT2D eigenvalue weighted by Gasteiger charge is -2.18. The third-order valence-electron chi connectivity index (χ3n) is 5.38. The maximum atomic E-state index is 12.8. The molecule has 0 fully saturated rings. The van der Waals surface area contributed by atoms with Crippen LogP contribution in [0.2, 0.25) is 0 Å². The molecule has 146 valence electrons. The molecular weight excluding hydrogens is 368 g/mol. The molecule has 6 heteroatoms. The Morgan fingerprint density at radius 1 is 1.18 bits per heavy atom. The predicted octanol–water partition coefficient (Wildman–Crippen LogP) is 3.76. The maximum Gasteiger partial charge on any atom is 0.225 e. The Labute approximate surface area is 169 Å². The first kappa shape index (κ1) is 19.0. The number of hydrogen-bond acceptors (Lipinski definition) is 4. The second-order valence-electron chi connectivity index (χ2n) is 7.38. The minimum Gasteiger partial charge on any atom is -0.346 e. The van der Waals surface area contributed by atoms with Gasteiger partial charge in [0.1, 0.15) is 0 Å². The van der Waals surface area contributed by atoms with Crippen LogP contribution in [0.5, 0.6) is 0 Å². The number of aryl methyl sites for hydroxylation is 2. The van der Waals surface area contributed by atoms with Gasteiger partial charge in [-0.3, -0.25) is 9.20 Å². The van der Waals surface area contributed by atoms with Crippen LogP contribution in [0, 0.1) is 0 Å². The Bertz CT molecular complexity index is 968. The van der Waals surface area contributed by atoms with E-state index in [0.29, 0.717) is 6.42 Å². The zero-order valence-corrected chi connectivity index (χ0v) is 17.0. The van der Waals surface area contributed by atoms with E-state index in [1.165, 1.54) is 30.4 Å². The van der Waals surface area contributed by atoms with Gasteiger partial charge in [0.25, 0.3) is 0 Å². The van der Waals surface area contributed by atoms with Gasteiger partial charge in [-0.1, -0.05) is 24.3 Å². The minimum absolute atomic E-state index is 0.0366. The number of nitrogens with one attached hydrogen (secondary N) is 1. The minimum atomic E-state index is -0.144. The molecule has 0 spiro atoms. The number of rotatable bonds is 7. The molecular formula is C22H26N4OS. The van der Waals surface area contributed by atoms with Gasteiger partial charge in [-0.05, 0) is 72.9 Å². The quantitative estimate of drug-likeness (QED) is 0.663. The van der Waals surface area contributed by atoms with Gasteiger partial charge in [-0.25, -0.2) is 0 Å². The van der Waals surface area contributed by atoms with Crippen LogP contribution in [0.25, 0.3) is 5.65 Å². The van der Waals surface area contributed by atoms with E-state index in [9.17, 15) is 4.79 Å². The zero-order chi connectivity index (χ0) is 19.3. The maximum absolute atomic E-state index is 12.8. The summed E-state index contributed by atoms with van der Waals surface area (Å²) in [5.41, 5.74) is 4.76. The van der Waals surface area contributed by atoms with Crippen LogP contribution in [-0.4, -0.2) is 32.5 Å². The number of pyridine rings is 1. The van der Waals surface area contributed by atoms with E-state index in [4.69, 9.17) is 0 Å². The number of thioether (sulfide) groups is 1. The van der Waals surface area contributed by atoms with Crippen molar-refractivity contribution in [1.29, 1.82) is 0 Å². The highest BCUT2D eigenvalue weighted by Gasteiger charge is 2.20. The molecule has 4 rings (SSSR count). The fraction of sp³-hybridized carbons (Fsp3) is 0.409. The Morgan fingerprint density at radius 3 is 2.89 bits per heavy atom. The van der Waals surface area contributed by atoms with E-state index in [1.807, 2.05) is 28.8 Å². The molecule has 1 aliphatic carbocycles. The molecule has 2 heterocycles. The average molecular weight is 395 g/mol. The molecule has 1 amide bonds. The van der Waals surface area contributed by atoms with Crippen molar-refractivity contribution in [2.45, 2.75) is 44.6 Å². The number of carbonyl (C=O) groups is 1. The predicted molar refractivity (Wildman–Crippen MR) is 114 cm³/mol. The Morgan fingerprint density at radius 2 is 2.04 bits per heavy atom. The first-order valence-corrected chi connectivity index (χ1v) is 11.3. The molecule has 28 heavy (non-hydrogen) atoms. The topological polar surface area (TPSA) is 59.3 Å². The van der Waals surface area contributed by atoms with Crippen molar-refractivity contribution in [3.05, 3.63) is 65.1 Å². The SMILES string of the molecule is CSCCC(NC(=O)Cc1ccc2c(c1)CCCC2)c1nnc2ccccn12. The molecule has 1 aliphatic rings. The number of nitrogens with zero attached hydrogens (tertiary/aromatic N) is 3. The fourth-order valence-electron chi connectivity index (χ4n) is 3.93. The second kappa shape index (κ2) is 8.78.